The molecule has 0 radical (unpaired) electrons. The van der Waals surface area contributed by atoms with E-state index in [1.807, 2.05) is 0 Å². The average molecular weight is 254 g/mol. The fourth-order valence-electron chi connectivity index (χ4n) is 1.62. The van der Waals surface area contributed by atoms with E-state index in [0.717, 1.165) is 12.8 Å². The van der Waals surface area contributed by atoms with Gasteiger partial charge in [-0.25, -0.2) is 4.98 Å². The van der Waals surface area contributed by atoms with Gasteiger partial charge in [0.2, 0.25) is 0 Å². The number of carbonyl (C=O) groups excluding carboxylic acids is 1. The molecule has 17 heavy (non-hydrogen) atoms. The summed E-state index contributed by atoms with van der Waals surface area (Å²) in [5.41, 5.74) is 2.03. The van der Waals surface area contributed by atoms with Crippen molar-refractivity contribution in [2.24, 2.45) is 5.92 Å². The van der Waals surface area contributed by atoms with E-state index in [1.165, 1.54) is 11.3 Å². The molecule has 1 saturated carbocycles. The maximum absolute atomic E-state index is 12.1. The minimum Gasteiger partial charge on any atom is -0.481 e. The summed E-state index contributed by atoms with van der Waals surface area (Å²) < 4.78 is 0. The van der Waals surface area contributed by atoms with Gasteiger partial charge >= 0.3 is 5.97 Å². The molecule has 1 amide bonds. The maximum atomic E-state index is 12.1. The van der Waals surface area contributed by atoms with Crippen LogP contribution in [0.3, 0.4) is 0 Å². The molecule has 1 heterocycles. The van der Waals surface area contributed by atoms with Crippen LogP contribution in [0.4, 0.5) is 0 Å². The van der Waals surface area contributed by atoms with Gasteiger partial charge < -0.3 is 10.0 Å². The molecule has 1 aliphatic rings. The molecule has 1 N–H and O–H groups in total. The highest BCUT2D eigenvalue weighted by Crippen LogP contribution is 2.29. The van der Waals surface area contributed by atoms with Gasteiger partial charge in [-0.1, -0.05) is 6.92 Å². The van der Waals surface area contributed by atoms with Crippen LogP contribution in [0.15, 0.2) is 10.9 Å². The summed E-state index contributed by atoms with van der Waals surface area (Å²) in [5.74, 6) is -1.57. The van der Waals surface area contributed by atoms with Gasteiger partial charge in [0.1, 0.15) is 5.69 Å². The van der Waals surface area contributed by atoms with Gasteiger partial charge in [0.15, 0.2) is 0 Å². The van der Waals surface area contributed by atoms with Crippen LogP contribution < -0.4 is 0 Å². The van der Waals surface area contributed by atoms with Crippen LogP contribution in [0.2, 0.25) is 0 Å². The van der Waals surface area contributed by atoms with Gasteiger partial charge in [0, 0.05) is 18.0 Å². The second-order valence-corrected chi connectivity index (χ2v) is 5.02. The zero-order valence-corrected chi connectivity index (χ0v) is 10.3. The van der Waals surface area contributed by atoms with Crippen LogP contribution in [-0.4, -0.2) is 39.5 Å². The van der Waals surface area contributed by atoms with Crippen LogP contribution in [0, 0.1) is 5.92 Å². The molecule has 0 aliphatic heterocycles. The van der Waals surface area contributed by atoms with Gasteiger partial charge in [0.05, 0.1) is 11.4 Å². The molecule has 0 bridgehead atoms. The minimum atomic E-state index is -0.873. The number of amides is 1. The highest BCUT2D eigenvalue weighted by Gasteiger charge is 2.35. The monoisotopic (exact) mass is 254 g/mol. The summed E-state index contributed by atoms with van der Waals surface area (Å²) in [5, 5.41) is 10.6. The van der Waals surface area contributed by atoms with E-state index < -0.39 is 11.9 Å². The predicted molar refractivity (Wildman–Crippen MR) is 63.0 cm³/mol. The normalized spacial score (nSPS) is 16.5. The molecule has 0 spiro atoms. The van der Waals surface area contributed by atoms with Crippen LogP contribution in [0.5, 0.6) is 0 Å². The quantitative estimate of drug-likeness (QED) is 0.863. The number of hydrogen-bond donors (Lipinski definition) is 1. The van der Waals surface area contributed by atoms with E-state index in [1.54, 1.807) is 22.7 Å². The predicted octanol–water partition coefficient (Wildman–Crippen LogP) is 1.47. The van der Waals surface area contributed by atoms with Gasteiger partial charge in [-0.2, -0.15) is 0 Å². The molecule has 1 aliphatic carbocycles. The fraction of sp³-hybridized carbons (Fsp3) is 0.545. The standard InChI is InChI=1S/C11H14N2O3S/c1-7(11(15)16)4-13(8-2-3-8)10(14)9-5-17-6-12-9/h5-8H,2-4H2,1H3,(H,15,16). The van der Waals surface area contributed by atoms with Gasteiger partial charge in [-0.05, 0) is 12.8 Å². The van der Waals surface area contributed by atoms with E-state index in [4.69, 9.17) is 5.11 Å². The van der Waals surface area contributed by atoms with Crippen molar-refractivity contribution < 1.29 is 14.7 Å². The highest BCUT2D eigenvalue weighted by atomic mass is 32.1. The zero-order valence-electron chi connectivity index (χ0n) is 9.50. The zero-order chi connectivity index (χ0) is 12.4. The SMILES string of the molecule is CC(CN(C(=O)c1cscn1)C1CC1)C(=O)O. The molecule has 1 atom stereocenters. The summed E-state index contributed by atoms with van der Waals surface area (Å²) in [6, 6.07) is 0.200. The molecule has 1 fully saturated rings. The fourth-order valence-corrected chi connectivity index (χ4v) is 2.15. The molecule has 5 nitrogen and oxygen atoms in total. The Bertz CT molecular complexity index is 414. The van der Waals surface area contributed by atoms with Crippen LogP contribution in [0.25, 0.3) is 0 Å². The molecule has 1 aromatic rings. The van der Waals surface area contributed by atoms with Crippen LogP contribution in [0.1, 0.15) is 30.3 Å². The van der Waals surface area contributed by atoms with Crippen LogP contribution >= 0.6 is 11.3 Å². The topological polar surface area (TPSA) is 70.5 Å². The molecular weight excluding hydrogens is 240 g/mol. The van der Waals surface area contributed by atoms with Crippen molar-refractivity contribution in [3.05, 3.63) is 16.6 Å². The summed E-state index contributed by atoms with van der Waals surface area (Å²) >= 11 is 1.37. The van der Waals surface area contributed by atoms with E-state index >= 15 is 0 Å². The smallest absolute Gasteiger partial charge is 0.308 e. The van der Waals surface area contributed by atoms with Crippen LogP contribution in [-0.2, 0) is 4.79 Å². The minimum absolute atomic E-state index is 0.151. The highest BCUT2D eigenvalue weighted by molar-refractivity contribution is 7.07. The third-order valence-electron chi connectivity index (χ3n) is 2.79. The Morgan fingerprint density at radius 3 is 2.82 bits per heavy atom. The molecule has 6 heteroatoms. The molecular formula is C11H14N2O3S. The number of rotatable bonds is 5. The lowest BCUT2D eigenvalue weighted by atomic mass is 10.1. The number of hydrogen-bond acceptors (Lipinski definition) is 4. The third-order valence-corrected chi connectivity index (χ3v) is 3.38. The Balaban J connectivity index is 2.07. The van der Waals surface area contributed by atoms with E-state index in [-0.39, 0.29) is 18.5 Å². The largest absolute Gasteiger partial charge is 0.481 e. The number of nitrogens with zero attached hydrogens (tertiary/aromatic N) is 2. The van der Waals surface area contributed by atoms with Gasteiger partial charge in [0.25, 0.3) is 5.91 Å². The first-order valence-corrected chi connectivity index (χ1v) is 6.46. The maximum Gasteiger partial charge on any atom is 0.308 e. The second-order valence-electron chi connectivity index (χ2n) is 4.30. The first kappa shape index (κ1) is 12.0. The summed E-state index contributed by atoms with van der Waals surface area (Å²) in [4.78, 5) is 28.6. The van der Waals surface area contributed by atoms with Crippen molar-refractivity contribution in [2.75, 3.05) is 6.54 Å². The number of thiazole rings is 1. The van der Waals surface area contributed by atoms with Crippen molar-refractivity contribution in [1.29, 1.82) is 0 Å². The number of aliphatic carboxylic acids is 1. The van der Waals surface area contributed by atoms with Crippen molar-refractivity contribution in [3.8, 4) is 0 Å². The summed E-state index contributed by atoms with van der Waals surface area (Å²) in [6.07, 6.45) is 1.92. The van der Waals surface area contributed by atoms with E-state index in [0.29, 0.717) is 5.69 Å². The number of carboxylic acids is 1. The molecule has 1 unspecified atom stereocenters. The Kier molecular flexibility index (Phi) is 3.42. The summed E-state index contributed by atoms with van der Waals surface area (Å²) in [7, 11) is 0. The first-order valence-electron chi connectivity index (χ1n) is 5.51. The average Bonchev–Trinajstić information content (AvgIpc) is 2.98. The molecule has 2 rings (SSSR count). The number of carbonyl (C=O) groups is 2. The second kappa shape index (κ2) is 4.83. The molecule has 0 saturated heterocycles. The summed E-state index contributed by atoms with van der Waals surface area (Å²) in [6.45, 7) is 1.88. The Morgan fingerprint density at radius 1 is 1.65 bits per heavy atom. The molecule has 92 valence electrons. The molecule has 0 aromatic carbocycles. The Morgan fingerprint density at radius 2 is 2.35 bits per heavy atom. The first-order chi connectivity index (χ1) is 8.09. The lowest BCUT2D eigenvalue weighted by Gasteiger charge is -2.23. The lowest BCUT2D eigenvalue weighted by molar-refractivity contribution is -0.141. The van der Waals surface area contributed by atoms with Crippen molar-refractivity contribution in [3.63, 3.8) is 0 Å². The van der Waals surface area contributed by atoms with Gasteiger partial charge in [-0.15, -0.1) is 11.3 Å². The Hall–Kier alpha value is -1.43. The molecule has 1 aromatic heterocycles. The van der Waals surface area contributed by atoms with E-state index in [2.05, 4.69) is 4.98 Å². The van der Waals surface area contributed by atoms with Crippen molar-refractivity contribution in [1.82, 2.24) is 9.88 Å². The third kappa shape index (κ3) is 2.82. The number of aromatic nitrogens is 1. The van der Waals surface area contributed by atoms with Crippen molar-refractivity contribution >= 4 is 23.2 Å². The van der Waals surface area contributed by atoms with Gasteiger partial charge in [-0.3, -0.25) is 9.59 Å². The lowest BCUT2D eigenvalue weighted by Crippen LogP contribution is -2.38. The number of carboxylic acid groups (broad SMARTS) is 1. The van der Waals surface area contributed by atoms with Crippen molar-refractivity contribution in [2.45, 2.75) is 25.8 Å². The Labute approximate surface area is 103 Å². The van der Waals surface area contributed by atoms with E-state index in [9.17, 15) is 9.59 Å².